The van der Waals surface area contributed by atoms with Gasteiger partial charge in [-0.1, -0.05) is 0 Å². The van der Waals surface area contributed by atoms with E-state index >= 15 is 0 Å². The molecule has 1 atom stereocenters. The number of methoxy groups -OCH3 is 2. The van der Waals surface area contributed by atoms with Crippen LogP contribution in [0.15, 0.2) is 34.7 Å². The van der Waals surface area contributed by atoms with Gasteiger partial charge in [0, 0.05) is 19.6 Å². The van der Waals surface area contributed by atoms with Gasteiger partial charge in [-0.3, -0.25) is 9.69 Å². The molecule has 1 aliphatic heterocycles. The molecule has 26 heavy (non-hydrogen) atoms. The fourth-order valence-electron chi connectivity index (χ4n) is 3.45. The average Bonchev–Trinajstić information content (AvgIpc) is 3.08. The molecule has 1 fully saturated rings. The van der Waals surface area contributed by atoms with Crippen LogP contribution in [0.2, 0.25) is 0 Å². The molecule has 6 heteroatoms. The summed E-state index contributed by atoms with van der Waals surface area (Å²) in [4.78, 5) is 15.1. The molecule has 2 aromatic rings. The molecule has 0 spiro atoms. The van der Waals surface area contributed by atoms with Crippen LogP contribution in [0.3, 0.4) is 0 Å². The lowest BCUT2D eigenvalue weighted by atomic mass is 9.89. The van der Waals surface area contributed by atoms with E-state index in [1.54, 1.807) is 7.11 Å². The van der Waals surface area contributed by atoms with Crippen molar-refractivity contribution in [3.63, 3.8) is 0 Å². The molecule has 1 aromatic heterocycles. The minimum atomic E-state index is -0.428. The Morgan fingerprint density at radius 2 is 2.08 bits per heavy atom. The lowest BCUT2D eigenvalue weighted by Gasteiger charge is -2.31. The van der Waals surface area contributed by atoms with E-state index < -0.39 is 5.82 Å². The molecule has 0 saturated carbocycles. The van der Waals surface area contributed by atoms with Crippen LogP contribution in [-0.2, 0) is 17.9 Å². The average molecular weight is 361 g/mol. The summed E-state index contributed by atoms with van der Waals surface area (Å²) in [5.74, 6) is 1.40. The number of rotatable bonds is 7. The standard InChI is InChI=1S/C20H24FNO4/c1-24-13-17-7-6-16(26-17)12-22-9-3-4-14(11-22)20(23)18-10-15(21)5-8-19(18)25-2/h5-8,10,14H,3-4,9,11-13H2,1-2H3. The fourth-order valence-corrected chi connectivity index (χ4v) is 3.45. The Kier molecular flexibility index (Phi) is 6.06. The monoisotopic (exact) mass is 361 g/mol. The number of Topliss-reactive ketones (excluding diaryl/α,β-unsaturated/α-hetero) is 1. The molecule has 2 heterocycles. The van der Waals surface area contributed by atoms with Crippen molar-refractivity contribution in [2.24, 2.45) is 5.92 Å². The smallest absolute Gasteiger partial charge is 0.171 e. The third-order valence-electron chi connectivity index (χ3n) is 4.69. The van der Waals surface area contributed by atoms with Crippen LogP contribution in [0.25, 0.3) is 0 Å². The minimum absolute atomic E-state index is 0.0643. The van der Waals surface area contributed by atoms with Crippen LogP contribution in [0.4, 0.5) is 4.39 Å². The van der Waals surface area contributed by atoms with Gasteiger partial charge in [0.2, 0.25) is 0 Å². The number of halogens is 1. The maximum Gasteiger partial charge on any atom is 0.171 e. The van der Waals surface area contributed by atoms with Crippen molar-refractivity contribution in [1.82, 2.24) is 4.90 Å². The molecule has 1 aromatic carbocycles. The third-order valence-corrected chi connectivity index (χ3v) is 4.69. The largest absolute Gasteiger partial charge is 0.496 e. The van der Waals surface area contributed by atoms with E-state index in [4.69, 9.17) is 13.9 Å². The number of piperidine rings is 1. The summed E-state index contributed by atoms with van der Waals surface area (Å²) in [5.41, 5.74) is 0.319. The Labute approximate surface area is 152 Å². The van der Waals surface area contributed by atoms with E-state index in [1.165, 1.54) is 25.3 Å². The Balaban J connectivity index is 1.67. The Bertz CT molecular complexity index is 758. The molecule has 140 valence electrons. The van der Waals surface area contributed by atoms with Crippen LogP contribution in [0.1, 0.15) is 34.7 Å². The lowest BCUT2D eigenvalue weighted by Crippen LogP contribution is -2.38. The zero-order valence-electron chi connectivity index (χ0n) is 15.2. The maximum atomic E-state index is 13.6. The molecule has 0 bridgehead atoms. The molecule has 0 amide bonds. The Hall–Kier alpha value is -2.18. The second-order valence-electron chi connectivity index (χ2n) is 6.58. The molecule has 0 N–H and O–H groups in total. The molecular weight excluding hydrogens is 337 g/mol. The molecule has 1 aliphatic rings. The number of nitrogens with zero attached hydrogens (tertiary/aromatic N) is 1. The van der Waals surface area contributed by atoms with Gasteiger partial charge < -0.3 is 13.9 Å². The Morgan fingerprint density at radius 1 is 1.27 bits per heavy atom. The number of hydrogen-bond acceptors (Lipinski definition) is 5. The second kappa shape index (κ2) is 8.47. The molecule has 3 rings (SSSR count). The van der Waals surface area contributed by atoms with Crippen LogP contribution < -0.4 is 4.74 Å². The third kappa shape index (κ3) is 4.31. The van der Waals surface area contributed by atoms with E-state index in [9.17, 15) is 9.18 Å². The van der Waals surface area contributed by atoms with Gasteiger partial charge in [0.25, 0.3) is 0 Å². The highest BCUT2D eigenvalue weighted by atomic mass is 19.1. The van der Waals surface area contributed by atoms with Crippen molar-refractivity contribution in [1.29, 1.82) is 0 Å². The summed E-state index contributed by atoms with van der Waals surface area (Å²) >= 11 is 0. The first-order valence-electron chi connectivity index (χ1n) is 8.77. The number of ketones is 1. The number of ether oxygens (including phenoxy) is 2. The van der Waals surface area contributed by atoms with Gasteiger partial charge in [-0.2, -0.15) is 0 Å². The van der Waals surface area contributed by atoms with E-state index in [0.717, 1.165) is 30.9 Å². The van der Waals surface area contributed by atoms with E-state index in [-0.39, 0.29) is 11.7 Å². The first-order chi connectivity index (χ1) is 12.6. The van der Waals surface area contributed by atoms with Crippen molar-refractivity contribution in [3.8, 4) is 5.75 Å². The normalized spacial score (nSPS) is 18.0. The molecular formula is C20H24FNO4. The summed E-state index contributed by atoms with van der Waals surface area (Å²) in [6.07, 6.45) is 1.71. The van der Waals surface area contributed by atoms with Gasteiger partial charge in [-0.25, -0.2) is 4.39 Å². The summed E-state index contributed by atoms with van der Waals surface area (Å²) in [7, 11) is 3.12. The number of furan rings is 1. The first kappa shape index (κ1) is 18.6. The van der Waals surface area contributed by atoms with Crippen LogP contribution in [0.5, 0.6) is 5.75 Å². The van der Waals surface area contributed by atoms with Gasteiger partial charge in [0.15, 0.2) is 5.78 Å². The summed E-state index contributed by atoms with van der Waals surface area (Å²) < 4.78 is 29.6. The summed E-state index contributed by atoms with van der Waals surface area (Å²) in [6.45, 7) is 2.62. The SMILES string of the molecule is COCc1ccc(CN2CCCC(C(=O)c3cc(F)ccc3OC)C2)o1. The van der Waals surface area contributed by atoms with E-state index in [2.05, 4.69) is 4.90 Å². The van der Waals surface area contributed by atoms with Gasteiger partial charge in [-0.15, -0.1) is 0 Å². The van der Waals surface area contributed by atoms with Crippen molar-refractivity contribution < 1.29 is 23.1 Å². The maximum absolute atomic E-state index is 13.6. The predicted octanol–water partition coefficient (Wildman–Crippen LogP) is 3.67. The van der Waals surface area contributed by atoms with Crippen LogP contribution in [-0.4, -0.2) is 38.0 Å². The predicted molar refractivity (Wildman–Crippen MR) is 94.7 cm³/mol. The molecule has 0 radical (unpaired) electrons. The number of benzene rings is 1. The zero-order chi connectivity index (χ0) is 18.5. The molecule has 0 aliphatic carbocycles. The molecule has 1 unspecified atom stereocenters. The quantitative estimate of drug-likeness (QED) is 0.705. The van der Waals surface area contributed by atoms with Gasteiger partial charge in [-0.05, 0) is 49.7 Å². The highest BCUT2D eigenvalue weighted by Gasteiger charge is 2.29. The van der Waals surface area contributed by atoms with Gasteiger partial charge in [0.05, 0.1) is 19.2 Å². The highest BCUT2D eigenvalue weighted by Crippen LogP contribution is 2.27. The van der Waals surface area contributed by atoms with E-state index in [0.29, 0.717) is 31.0 Å². The number of carbonyl (C=O) groups excluding carboxylic acids is 1. The zero-order valence-corrected chi connectivity index (χ0v) is 15.2. The first-order valence-corrected chi connectivity index (χ1v) is 8.77. The molecule has 1 saturated heterocycles. The molecule has 5 nitrogen and oxygen atoms in total. The summed E-state index contributed by atoms with van der Waals surface area (Å²) in [6, 6.07) is 7.92. The Morgan fingerprint density at radius 3 is 2.85 bits per heavy atom. The topological polar surface area (TPSA) is 51.9 Å². The minimum Gasteiger partial charge on any atom is -0.496 e. The highest BCUT2D eigenvalue weighted by molar-refractivity contribution is 6.00. The van der Waals surface area contributed by atoms with Gasteiger partial charge in [0.1, 0.15) is 29.7 Å². The van der Waals surface area contributed by atoms with Crippen molar-refractivity contribution in [2.75, 3.05) is 27.3 Å². The number of likely N-dealkylation sites (tertiary alicyclic amines) is 1. The van der Waals surface area contributed by atoms with Crippen molar-refractivity contribution in [2.45, 2.75) is 26.0 Å². The van der Waals surface area contributed by atoms with Crippen LogP contribution >= 0.6 is 0 Å². The van der Waals surface area contributed by atoms with Gasteiger partial charge >= 0.3 is 0 Å². The summed E-state index contributed by atoms with van der Waals surface area (Å²) in [5, 5.41) is 0. The number of hydrogen-bond donors (Lipinski definition) is 0. The van der Waals surface area contributed by atoms with Crippen molar-refractivity contribution >= 4 is 5.78 Å². The van der Waals surface area contributed by atoms with Crippen molar-refractivity contribution in [3.05, 3.63) is 53.2 Å². The fraction of sp³-hybridized carbons (Fsp3) is 0.450. The lowest BCUT2D eigenvalue weighted by molar-refractivity contribution is 0.0796. The number of carbonyl (C=O) groups is 1. The van der Waals surface area contributed by atoms with E-state index in [1.807, 2.05) is 12.1 Å². The second-order valence-corrected chi connectivity index (χ2v) is 6.58. The van der Waals surface area contributed by atoms with Crippen LogP contribution in [0, 0.1) is 11.7 Å².